The zero-order chi connectivity index (χ0) is 8.85. The average Bonchev–Trinajstić information content (AvgIpc) is 1.82. The van der Waals surface area contributed by atoms with Gasteiger partial charge in [-0.25, -0.2) is 0 Å². The van der Waals surface area contributed by atoms with Crippen molar-refractivity contribution in [2.24, 2.45) is 0 Å². The van der Waals surface area contributed by atoms with Crippen molar-refractivity contribution in [2.45, 2.75) is 19.4 Å². The van der Waals surface area contributed by atoms with Gasteiger partial charge >= 0.3 is 5.97 Å². The van der Waals surface area contributed by atoms with E-state index in [1.54, 1.807) is 0 Å². The number of hydrogen-bond acceptors (Lipinski definition) is 3. The van der Waals surface area contributed by atoms with Crippen molar-refractivity contribution in [3.63, 3.8) is 0 Å². The number of carbonyl (C=O) groups excluding carboxylic acids is 1. The number of hydrogen-bond donors (Lipinski definition) is 3. The lowest BCUT2D eigenvalue weighted by molar-refractivity contribution is -0.140. The highest BCUT2D eigenvalue weighted by Crippen LogP contribution is 1.80. The van der Waals surface area contributed by atoms with Crippen LogP contribution < -0.4 is 5.32 Å². The lowest BCUT2D eigenvalue weighted by Crippen LogP contribution is -2.31. The molecule has 3 N–H and O–H groups in total. The van der Waals surface area contributed by atoms with Crippen LogP contribution in [0.5, 0.6) is 0 Å². The van der Waals surface area contributed by atoms with Crippen molar-refractivity contribution in [3.8, 4) is 0 Å². The zero-order valence-corrected chi connectivity index (χ0v) is 6.20. The van der Waals surface area contributed by atoms with Crippen LogP contribution in [0.3, 0.4) is 0 Å². The third-order valence-electron chi connectivity index (χ3n) is 0.906. The molecule has 0 aromatic carbocycles. The lowest BCUT2D eigenvalue weighted by atomic mass is 10.3. The number of carboxylic acid groups (broad SMARTS) is 1. The molecule has 0 saturated heterocycles. The van der Waals surface area contributed by atoms with Gasteiger partial charge in [0.25, 0.3) is 0 Å². The molecule has 0 aliphatic carbocycles. The molecule has 1 unspecified atom stereocenters. The summed E-state index contributed by atoms with van der Waals surface area (Å²) in [6.45, 7) is 1.59. The second-order valence-electron chi connectivity index (χ2n) is 2.22. The number of nitrogens with one attached hydrogen (secondary N) is 1. The first-order chi connectivity index (χ1) is 5.02. The molecule has 0 aliphatic rings. The monoisotopic (exact) mass is 161 g/mol. The fourth-order valence-corrected chi connectivity index (χ4v) is 0.461. The summed E-state index contributed by atoms with van der Waals surface area (Å²) in [7, 11) is 0. The first-order valence-corrected chi connectivity index (χ1v) is 3.19. The molecule has 5 nitrogen and oxygen atoms in total. The lowest BCUT2D eigenvalue weighted by Gasteiger charge is -2.04. The molecule has 11 heavy (non-hydrogen) atoms. The Morgan fingerprint density at radius 2 is 2.09 bits per heavy atom. The zero-order valence-electron chi connectivity index (χ0n) is 6.20. The maximum absolute atomic E-state index is 10.6. The summed E-state index contributed by atoms with van der Waals surface area (Å²) in [4.78, 5) is 20.5. The first-order valence-electron chi connectivity index (χ1n) is 3.19. The normalized spacial score (nSPS) is 12.2. The van der Waals surface area contributed by atoms with Crippen LogP contribution in [0.4, 0.5) is 0 Å². The van der Waals surface area contributed by atoms with Crippen LogP contribution in [-0.4, -0.2) is 34.7 Å². The van der Waals surface area contributed by atoms with Crippen LogP contribution in [0.2, 0.25) is 0 Å². The minimum atomic E-state index is -1.17. The third kappa shape index (κ3) is 6.79. The smallest absolute Gasteiger partial charge is 0.312 e. The van der Waals surface area contributed by atoms with Gasteiger partial charge in [-0.2, -0.15) is 0 Å². The second-order valence-corrected chi connectivity index (χ2v) is 2.22. The summed E-state index contributed by atoms with van der Waals surface area (Å²) < 4.78 is 0. The number of carboxylic acids is 1. The van der Waals surface area contributed by atoms with E-state index in [-0.39, 0.29) is 6.54 Å². The number of aliphatic hydroxyl groups is 1. The van der Waals surface area contributed by atoms with Gasteiger partial charge in [0.15, 0.2) is 0 Å². The van der Waals surface area contributed by atoms with Crippen LogP contribution >= 0.6 is 0 Å². The molecule has 0 radical (unpaired) electrons. The maximum Gasteiger partial charge on any atom is 0.312 e. The molecule has 0 aromatic rings. The predicted molar refractivity (Wildman–Crippen MR) is 36.9 cm³/mol. The van der Waals surface area contributed by atoms with E-state index in [4.69, 9.17) is 10.2 Å². The molecule has 0 rings (SSSR count). The van der Waals surface area contributed by atoms with E-state index < -0.39 is 24.4 Å². The SMILES string of the molecule is CC(O)CNC(=O)CC(=O)O. The van der Waals surface area contributed by atoms with Crippen molar-refractivity contribution in [1.29, 1.82) is 0 Å². The molecule has 5 heteroatoms. The molecule has 0 fully saturated rings. The summed E-state index contributed by atoms with van der Waals surface area (Å²) in [5.41, 5.74) is 0. The van der Waals surface area contributed by atoms with Gasteiger partial charge in [-0.15, -0.1) is 0 Å². The standard InChI is InChI=1S/C6H11NO4/c1-4(8)3-7-5(9)2-6(10)11/h4,8H,2-3H2,1H3,(H,7,9)(H,10,11). The summed E-state index contributed by atoms with van der Waals surface area (Å²) in [5.74, 6) is -1.76. The number of aliphatic carboxylic acids is 1. The Bertz CT molecular complexity index is 155. The average molecular weight is 161 g/mol. The predicted octanol–water partition coefficient (Wildman–Crippen LogP) is -1.04. The van der Waals surface area contributed by atoms with Crippen molar-refractivity contribution >= 4 is 11.9 Å². The second kappa shape index (κ2) is 4.68. The van der Waals surface area contributed by atoms with E-state index in [0.29, 0.717) is 0 Å². The fourth-order valence-electron chi connectivity index (χ4n) is 0.461. The number of aliphatic hydroxyl groups excluding tert-OH is 1. The quantitative estimate of drug-likeness (QED) is 0.459. The molecule has 0 spiro atoms. The van der Waals surface area contributed by atoms with Gasteiger partial charge in [0.1, 0.15) is 6.42 Å². The highest BCUT2D eigenvalue weighted by molar-refractivity contribution is 5.93. The molecule has 64 valence electrons. The van der Waals surface area contributed by atoms with E-state index in [1.807, 2.05) is 0 Å². The van der Waals surface area contributed by atoms with E-state index >= 15 is 0 Å². The van der Waals surface area contributed by atoms with Crippen molar-refractivity contribution in [2.75, 3.05) is 6.54 Å². The van der Waals surface area contributed by atoms with E-state index in [0.717, 1.165) is 0 Å². The first kappa shape index (κ1) is 9.90. The van der Waals surface area contributed by atoms with Crippen molar-refractivity contribution < 1.29 is 19.8 Å². The minimum Gasteiger partial charge on any atom is -0.481 e. The number of rotatable bonds is 4. The summed E-state index contributed by atoms with van der Waals surface area (Å²) >= 11 is 0. The molecule has 1 amide bonds. The van der Waals surface area contributed by atoms with Crippen molar-refractivity contribution in [3.05, 3.63) is 0 Å². The van der Waals surface area contributed by atoms with Gasteiger partial charge in [0.05, 0.1) is 6.10 Å². The van der Waals surface area contributed by atoms with E-state index in [2.05, 4.69) is 5.32 Å². The van der Waals surface area contributed by atoms with Crippen LogP contribution in [-0.2, 0) is 9.59 Å². The van der Waals surface area contributed by atoms with Gasteiger partial charge in [-0.3, -0.25) is 9.59 Å². The van der Waals surface area contributed by atoms with E-state index in [1.165, 1.54) is 6.92 Å². The fraction of sp³-hybridized carbons (Fsp3) is 0.667. The Hall–Kier alpha value is -1.10. The molecular weight excluding hydrogens is 150 g/mol. The summed E-state index contributed by atoms with van der Waals surface area (Å²) in [6, 6.07) is 0. The third-order valence-corrected chi connectivity index (χ3v) is 0.906. The molecule has 0 bridgehead atoms. The Balaban J connectivity index is 3.46. The van der Waals surface area contributed by atoms with Crippen LogP contribution in [0.15, 0.2) is 0 Å². The minimum absolute atomic E-state index is 0.0894. The summed E-state index contributed by atoms with van der Waals surface area (Å²) in [5, 5.41) is 19.0. The molecular formula is C6H11NO4. The van der Waals surface area contributed by atoms with Gasteiger partial charge in [0, 0.05) is 6.54 Å². The Morgan fingerprint density at radius 1 is 1.55 bits per heavy atom. The molecule has 0 saturated carbocycles. The van der Waals surface area contributed by atoms with Gasteiger partial charge in [0.2, 0.25) is 5.91 Å². The van der Waals surface area contributed by atoms with Crippen LogP contribution in [0, 0.1) is 0 Å². The Kier molecular flexibility index (Phi) is 4.21. The van der Waals surface area contributed by atoms with E-state index in [9.17, 15) is 9.59 Å². The van der Waals surface area contributed by atoms with Crippen LogP contribution in [0.1, 0.15) is 13.3 Å². The van der Waals surface area contributed by atoms with Gasteiger partial charge in [-0.1, -0.05) is 0 Å². The van der Waals surface area contributed by atoms with Crippen molar-refractivity contribution in [1.82, 2.24) is 5.32 Å². The number of amides is 1. The molecule has 0 aliphatic heterocycles. The van der Waals surface area contributed by atoms with Gasteiger partial charge in [-0.05, 0) is 6.92 Å². The molecule has 0 aromatic heterocycles. The van der Waals surface area contributed by atoms with Gasteiger partial charge < -0.3 is 15.5 Å². The largest absolute Gasteiger partial charge is 0.481 e. The maximum atomic E-state index is 10.6. The summed E-state index contributed by atoms with van der Waals surface area (Å²) in [6.07, 6.45) is -1.19. The molecule has 1 atom stereocenters. The highest BCUT2D eigenvalue weighted by Gasteiger charge is 2.06. The Labute approximate surface area is 64.0 Å². The topological polar surface area (TPSA) is 86.6 Å². The number of carbonyl (C=O) groups is 2. The Morgan fingerprint density at radius 3 is 2.45 bits per heavy atom. The molecule has 0 heterocycles. The highest BCUT2D eigenvalue weighted by atomic mass is 16.4. The van der Waals surface area contributed by atoms with Crippen LogP contribution in [0.25, 0.3) is 0 Å².